The summed E-state index contributed by atoms with van der Waals surface area (Å²) in [7, 11) is 0. The van der Waals surface area contributed by atoms with Gasteiger partial charge in [0.05, 0.1) is 0 Å². The van der Waals surface area contributed by atoms with Crippen LogP contribution in [0, 0.1) is 0 Å². The Labute approximate surface area is 186 Å². The van der Waals surface area contributed by atoms with Crippen LogP contribution in [0.1, 0.15) is 11.1 Å². The lowest BCUT2D eigenvalue weighted by atomic mass is 10.0. The van der Waals surface area contributed by atoms with Crippen LogP contribution in [0.3, 0.4) is 0 Å². The molecule has 0 saturated carbocycles. The van der Waals surface area contributed by atoms with Crippen LogP contribution in [-0.4, -0.2) is 11.7 Å². The summed E-state index contributed by atoms with van der Waals surface area (Å²) in [4.78, 5) is 0. The lowest BCUT2D eigenvalue weighted by molar-refractivity contribution is -0.274. The van der Waals surface area contributed by atoms with E-state index in [1.165, 1.54) is 6.08 Å². The van der Waals surface area contributed by atoms with Gasteiger partial charge in [0.25, 0.3) is 0 Å². The van der Waals surface area contributed by atoms with E-state index in [0.29, 0.717) is 17.1 Å². The number of rotatable bonds is 7. The highest BCUT2D eigenvalue weighted by molar-refractivity contribution is 6.27. The molecule has 8 heteroatoms. The first-order chi connectivity index (χ1) is 15.1. The molecule has 0 aliphatic rings. The number of alkyl halides is 6. The number of para-hydroxylation sites is 1. The van der Waals surface area contributed by atoms with Gasteiger partial charge in [0.2, 0.25) is 0 Å². The van der Waals surface area contributed by atoms with Gasteiger partial charge in [-0.3, -0.25) is 0 Å². The van der Waals surface area contributed by atoms with Gasteiger partial charge in [-0.1, -0.05) is 60.7 Å². The number of allylic oxidation sites excluding steroid dienone is 3. The van der Waals surface area contributed by atoms with Crippen molar-refractivity contribution in [2.45, 2.75) is 11.7 Å². The molecular weight excluding hydrogens is 451 g/mol. The van der Waals surface area contributed by atoms with Crippen LogP contribution in [0.2, 0.25) is 0 Å². The molecule has 0 aliphatic heterocycles. The summed E-state index contributed by atoms with van der Waals surface area (Å²) in [5.74, 6) is 0.685. The summed E-state index contributed by atoms with van der Waals surface area (Å²) in [6.45, 7) is 0. The quantitative estimate of drug-likeness (QED) is 0.198. The van der Waals surface area contributed by atoms with Crippen molar-refractivity contribution < 1.29 is 31.4 Å². The highest BCUT2D eigenvalue weighted by atomic mass is 35.5. The summed E-state index contributed by atoms with van der Waals surface area (Å²) in [6.07, 6.45) is -0.843. The first-order valence-corrected chi connectivity index (χ1v) is 9.63. The second kappa shape index (κ2) is 9.87. The largest absolute Gasteiger partial charge is 0.573 e. The minimum absolute atomic E-state index is 0.0506. The molecule has 0 aliphatic carbocycles. The van der Waals surface area contributed by atoms with Gasteiger partial charge < -0.3 is 9.47 Å². The summed E-state index contributed by atoms with van der Waals surface area (Å²) >= 11 is 5.21. The average molecular weight is 467 g/mol. The third kappa shape index (κ3) is 7.13. The van der Waals surface area contributed by atoms with E-state index >= 15 is 0 Å². The summed E-state index contributed by atoms with van der Waals surface area (Å²) in [6, 6.07) is 20.1. The fourth-order valence-corrected chi connectivity index (χ4v) is 2.92. The first kappa shape index (κ1) is 23.3. The molecule has 0 saturated heterocycles. The topological polar surface area (TPSA) is 18.5 Å². The van der Waals surface area contributed by atoms with Crippen molar-refractivity contribution >= 4 is 23.3 Å². The van der Waals surface area contributed by atoms with E-state index < -0.39 is 23.1 Å². The van der Waals surface area contributed by atoms with Crippen LogP contribution >= 0.6 is 11.6 Å². The van der Waals surface area contributed by atoms with Gasteiger partial charge in [0, 0.05) is 5.57 Å². The Hall–Kier alpha value is -3.32. The monoisotopic (exact) mass is 466 g/mol. The molecular formula is C24H16ClF5O2. The molecule has 3 aromatic rings. The molecule has 0 spiro atoms. The Morgan fingerprint density at radius 2 is 1.41 bits per heavy atom. The first-order valence-electron chi connectivity index (χ1n) is 9.25. The lowest BCUT2D eigenvalue weighted by Crippen LogP contribution is -2.17. The summed E-state index contributed by atoms with van der Waals surface area (Å²) in [5.41, 5.74) is 0.0526. The lowest BCUT2D eigenvalue weighted by Gasteiger charge is -2.14. The molecule has 0 aromatic heterocycles. The maximum Gasteiger partial charge on any atom is 0.573 e. The third-order valence-corrected chi connectivity index (χ3v) is 4.30. The van der Waals surface area contributed by atoms with Crippen molar-refractivity contribution in [1.82, 2.24) is 0 Å². The highest BCUT2D eigenvalue weighted by Crippen LogP contribution is 2.37. The third-order valence-electron chi connectivity index (χ3n) is 4.09. The van der Waals surface area contributed by atoms with Crippen LogP contribution < -0.4 is 9.47 Å². The number of benzene rings is 3. The fraction of sp³-hybridized carbons (Fsp3) is 0.0833. The number of hydrogen-bond acceptors (Lipinski definition) is 2. The summed E-state index contributed by atoms with van der Waals surface area (Å²) < 4.78 is 74.1. The van der Waals surface area contributed by atoms with Gasteiger partial charge in [-0.25, -0.2) is 0 Å². The molecule has 0 amide bonds. The second-order valence-corrected chi connectivity index (χ2v) is 6.97. The highest BCUT2D eigenvalue weighted by Gasteiger charge is 2.33. The van der Waals surface area contributed by atoms with Crippen LogP contribution in [0.5, 0.6) is 17.2 Å². The number of halogens is 6. The van der Waals surface area contributed by atoms with Gasteiger partial charge in [-0.2, -0.15) is 8.78 Å². The maximum atomic E-state index is 13.9. The van der Waals surface area contributed by atoms with Gasteiger partial charge >= 0.3 is 11.7 Å². The molecule has 0 N–H and O–H groups in total. The van der Waals surface area contributed by atoms with Crippen molar-refractivity contribution in [1.29, 1.82) is 0 Å². The van der Waals surface area contributed by atoms with E-state index in [2.05, 4.69) is 4.74 Å². The molecule has 0 radical (unpaired) electrons. The maximum absolute atomic E-state index is 13.9. The van der Waals surface area contributed by atoms with Crippen LogP contribution in [0.4, 0.5) is 22.0 Å². The van der Waals surface area contributed by atoms with E-state index in [1.807, 2.05) is 18.2 Å². The SMILES string of the molecule is FC(F)(F)Oc1ccc(/C(=C\C=C/c2cccc(Oc3ccccc3)c2)C(F)(F)Cl)cc1. The fourth-order valence-electron chi connectivity index (χ4n) is 2.75. The molecule has 0 unspecified atom stereocenters. The molecule has 3 aromatic carbocycles. The molecule has 0 bridgehead atoms. The van der Waals surface area contributed by atoms with E-state index in [0.717, 1.165) is 30.3 Å². The molecule has 166 valence electrons. The van der Waals surface area contributed by atoms with E-state index in [9.17, 15) is 22.0 Å². The Morgan fingerprint density at radius 3 is 2.03 bits per heavy atom. The van der Waals surface area contributed by atoms with E-state index in [4.69, 9.17) is 16.3 Å². The average Bonchev–Trinajstić information content (AvgIpc) is 2.71. The number of ether oxygens (including phenoxy) is 2. The summed E-state index contributed by atoms with van der Waals surface area (Å²) in [5, 5.41) is -3.74. The molecule has 32 heavy (non-hydrogen) atoms. The normalized spacial score (nSPS) is 12.8. The molecule has 0 fully saturated rings. The van der Waals surface area contributed by atoms with E-state index in [-0.39, 0.29) is 5.56 Å². The minimum Gasteiger partial charge on any atom is -0.457 e. The molecule has 2 nitrogen and oxygen atoms in total. The second-order valence-electron chi connectivity index (χ2n) is 6.50. The van der Waals surface area contributed by atoms with Crippen LogP contribution in [0.15, 0.2) is 91.0 Å². The van der Waals surface area contributed by atoms with Crippen LogP contribution in [-0.2, 0) is 0 Å². The van der Waals surface area contributed by atoms with Gasteiger partial charge in [-0.15, -0.1) is 13.2 Å². The Morgan fingerprint density at radius 1 is 0.750 bits per heavy atom. The van der Waals surface area contributed by atoms with Crippen molar-refractivity contribution in [3.05, 3.63) is 102 Å². The predicted octanol–water partition coefficient (Wildman–Crippen LogP) is 8.31. The Balaban J connectivity index is 1.79. The van der Waals surface area contributed by atoms with Crippen molar-refractivity contribution in [2.24, 2.45) is 0 Å². The van der Waals surface area contributed by atoms with Crippen molar-refractivity contribution in [3.8, 4) is 17.2 Å². The van der Waals surface area contributed by atoms with Crippen LogP contribution in [0.25, 0.3) is 11.6 Å². The zero-order valence-electron chi connectivity index (χ0n) is 16.3. The zero-order valence-corrected chi connectivity index (χ0v) is 17.1. The smallest absolute Gasteiger partial charge is 0.457 e. The van der Waals surface area contributed by atoms with Gasteiger partial charge in [0.1, 0.15) is 17.2 Å². The zero-order chi connectivity index (χ0) is 23.2. The predicted molar refractivity (Wildman–Crippen MR) is 114 cm³/mol. The molecule has 0 atom stereocenters. The molecule has 0 heterocycles. The molecule has 3 rings (SSSR count). The van der Waals surface area contributed by atoms with Gasteiger partial charge in [-0.05, 0) is 59.1 Å². The van der Waals surface area contributed by atoms with Gasteiger partial charge in [0.15, 0.2) is 0 Å². The Bertz CT molecular complexity index is 1090. The number of hydrogen-bond donors (Lipinski definition) is 0. The standard InChI is InChI=1S/C24H16ClF5O2/c25-23(26,27)22(18-12-14-20(15-13-18)32-24(28,29)30)11-5-7-17-6-4-10-21(16-17)31-19-8-2-1-3-9-19/h1-16H/b7-5-,22-11+. The van der Waals surface area contributed by atoms with E-state index in [1.54, 1.807) is 42.5 Å². The minimum atomic E-state index is -4.88. The Kier molecular flexibility index (Phi) is 7.20. The van der Waals surface area contributed by atoms with Crippen molar-refractivity contribution in [3.63, 3.8) is 0 Å². The van der Waals surface area contributed by atoms with Crippen molar-refractivity contribution in [2.75, 3.05) is 0 Å².